The summed E-state index contributed by atoms with van der Waals surface area (Å²) < 4.78 is 0. The summed E-state index contributed by atoms with van der Waals surface area (Å²) in [6.45, 7) is 2.51. The molecule has 2 aromatic carbocycles. The van der Waals surface area contributed by atoms with Gasteiger partial charge in [-0.2, -0.15) is 0 Å². The number of carbonyl (C=O) groups is 3. The molecule has 7 heteroatoms. The lowest BCUT2D eigenvalue weighted by atomic mass is 9.75. The van der Waals surface area contributed by atoms with Crippen LogP contribution in [0.5, 0.6) is 0 Å². The molecule has 6 rings (SSSR count). The van der Waals surface area contributed by atoms with Gasteiger partial charge < -0.3 is 5.32 Å². The number of fused-ring (bicyclic) bond motifs is 7. The number of hydrogen-bond donors (Lipinski definition) is 1. The Morgan fingerprint density at radius 2 is 1.87 bits per heavy atom. The van der Waals surface area contributed by atoms with Crippen molar-refractivity contribution in [1.29, 1.82) is 0 Å². The van der Waals surface area contributed by atoms with E-state index in [4.69, 9.17) is 11.6 Å². The summed E-state index contributed by atoms with van der Waals surface area (Å²) in [5.74, 6) is -2.00. The number of nitrogens with one attached hydrogen (secondary N) is 1. The maximum atomic E-state index is 13.9. The molecule has 0 aliphatic carbocycles. The van der Waals surface area contributed by atoms with E-state index in [-0.39, 0.29) is 23.8 Å². The minimum Gasteiger partial charge on any atom is -0.324 e. The highest BCUT2D eigenvalue weighted by Crippen LogP contribution is 2.60. The monoisotopic (exact) mass is 421 g/mol. The first-order valence-corrected chi connectivity index (χ1v) is 10.7. The van der Waals surface area contributed by atoms with Crippen molar-refractivity contribution in [3.8, 4) is 0 Å². The molecule has 0 aromatic heterocycles. The number of amides is 3. The second-order valence-electron chi connectivity index (χ2n) is 8.57. The number of imide groups is 1. The lowest BCUT2D eigenvalue weighted by molar-refractivity contribution is -0.135. The first-order chi connectivity index (χ1) is 14.5. The van der Waals surface area contributed by atoms with Crippen LogP contribution in [-0.2, 0) is 19.9 Å². The van der Waals surface area contributed by atoms with E-state index < -0.39 is 17.4 Å². The topological polar surface area (TPSA) is 69.7 Å². The minimum absolute atomic E-state index is 0.118. The summed E-state index contributed by atoms with van der Waals surface area (Å²) in [5.41, 5.74) is 1.61. The van der Waals surface area contributed by atoms with E-state index in [2.05, 4.69) is 10.2 Å². The molecule has 0 saturated carbocycles. The third kappa shape index (κ3) is 1.92. The van der Waals surface area contributed by atoms with Crippen LogP contribution in [0.15, 0.2) is 42.5 Å². The molecule has 4 aliphatic heterocycles. The largest absolute Gasteiger partial charge is 0.324 e. The first-order valence-electron chi connectivity index (χ1n) is 10.3. The van der Waals surface area contributed by atoms with Crippen LogP contribution < -0.4 is 10.2 Å². The zero-order valence-electron chi connectivity index (χ0n) is 16.4. The predicted molar refractivity (Wildman–Crippen MR) is 112 cm³/mol. The van der Waals surface area contributed by atoms with Crippen LogP contribution in [0.2, 0.25) is 5.02 Å². The van der Waals surface area contributed by atoms with Crippen molar-refractivity contribution in [3.05, 3.63) is 58.6 Å². The highest BCUT2D eigenvalue weighted by molar-refractivity contribution is 6.32. The molecule has 2 aromatic rings. The second kappa shape index (κ2) is 5.93. The average Bonchev–Trinajstić information content (AvgIpc) is 3.43. The number of nitrogens with zero attached hydrogens (tertiary/aromatic N) is 2. The number of benzene rings is 2. The van der Waals surface area contributed by atoms with Gasteiger partial charge in [-0.15, -0.1) is 0 Å². The summed E-state index contributed by atoms with van der Waals surface area (Å²) in [6, 6.07) is 12.7. The molecule has 30 heavy (non-hydrogen) atoms. The Morgan fingerprint density at radius 3 is 2.70 bits per heavy atom. The summed E-state index contributed by atoms with van der Waals surface area (Å²) in [5, 5.41) is 3.49. The second-order valence-corrected chi connectivity index (χ2v) is 8.98. The van der Waals surface area contributed by atoms with E-state index >= 15 is 0 Å². The lowest BCUT2D eigenvalue weighted by Crippen LogP contribution is -2.54. The Hall–Kier alpha value is -2.70. The molecule has 3 amide bonds. The summed E-state index contributed by atoms with van der Waals surface area (Å²) >= 11 is 6.29. The number of rotatable bonds is 1. The number of anilines is 2. The van der Waals surface area contributed by atoms with Gasteiger partial charge in [0.2, 0.25) is 17.7 Å². The van der Waals surface area contributed by atoms with Crippen LogP contribution in [0, 0.1) is 18.8 Å². The van der Waals surface area contributed by atoms with Crippen molar-refractivity contribution in [2.45, 2.75) is 31.3 Å². The summed E-state index contributed by atoms with van der Waals surface area (Å²) in [6.07, 6.45) is 1.71. The Morgan fingerprint density at radius 1 is 1.07 bits per heavy atom. The first kappa shape index (κ1) is 18.1. The van der Waals surface area contributed by atoms with Crippen LogP contribution >= 0.6 is 11.6 Å². The predicted octanol–water partition coefficient (Wildman–Crippen LogP) is 3.08. The van der Waals surface area contributed by atoms with Crippen LogP contribution in [0.25, 0.3) is 0 Å². The van der Waals surface area contributed by atoms with Crippen molar-refractivity contribution in [3.63, 3.8) is 0 Å². The molecule has 152 valence electrons. The van der Waals surface area contributed by atoms with Crippen LogP contribution in [-0.4, -0.2) is 35.2 Å². The van der Waals surface area contributed by atoms with Gasteiger partial charge in [-0.05, 0) is 50.1 Å². The molecule has 4 aliphatic rings. The maximum absolute atomic E-state index is 13.9. The fraction of sp³-hybridized carbons (Fsp3) is 0.348. The van der Waals surface area contributed by atoms with Crippen molar-refractivity contribution < 1.29 is 14.4 Å². The van der Waals surface area contributed by atoms with E-state index in [1.54, 1.807) is 18.2 Å². The fourth-order valence-electron chi connectivity index (χ4n) is 6.23. The van der Waals surface area contributed by atoms with Crippen molar-refractivity contribution in [1.82, 2.24) is 4.90 Å². The fourth-order valence-corrected chi connectivity index (χ4v) is 6.40. The van der Waals surface area contributed by atoms with E-state index in [1.807, 2.05) is 31.2 Å². The zero-order chi connectivity index (χ0) is 20.8. The van der Waals surface area contributed by atoms with Gasteiger partial charge >= 0.3 is 0 Å². The minimum atomic E-state index is -1.13. The van der Waals surface area contributed by atoms with Gasteiger partial charge in [-0.1, -0.05) is 35.9 Å². The molecule has 0 bridgehead atoms. The normalized spacial score (nSPS) is 32.0. The van der Waals surface area contributed by atoms with Crippen LogP contribution in [0.4, 0.5) is 11.4 Å². The molecular formula is C23H20ClN3O3. The Kier molecular flexibility index (Phi) is 3.58. The average molecular weight is 422 g/mol. The number of carbonyl (C=O) groups excluding carboxylic acids is 3. The molecule has 4 atom stereocenters. The van der Waals surface area contributed by atoms with Gasteiger partial charge in [0, 0.05) is 22.3 Å². The van der Waals surface area contributed by atoms with E-state index in [0.29, 0.717) is 22.8 Å². The maximum Gasteiger partial charge on any atom is 0.250 e. The third-order valence-corrected chi connectivity index (χ3v) is 7.79. The van der Waals surface area contributed by atoms with Gasteiger partial charge in [-0.3, -0.25) is 19.3 Å². The molecule has 4 unspecified atom stereocenters. The molecular weight excluding hydrogens is 402 g/mol. The van der Waals surface area contributed by atoms with Gasteiger partial charge in [0.25, 0.3) is 0 Å². The van der Waals surface area contributed by atoms with Gasteiger partial charge in [-0.25, -0.2) is 4.90 Å². The van der Waals surface area contributed by atoms with Crippen LogP contribution in [0.1, 0.15) is 24.0 Å². The van der Waals surface area contributed by atoms with E-state index in [1.165, 1.54) is 4.90 Å². The third-order valence-electron chi connectivity index (χ3n) is 7.38. The molecule has 4 heterocycles. The van der Waals surface area contributed by atoms with Crippen molar-refractivity contribution >= 4 is 40.7 Å². The Balaban J connectivity index is 1.57. The van der Waals surface area contributed by atoms with E-state index in [0.717, 1.165) is 24.1 Å². The van der Waals surface area contributed by atoms with Gasteiger partial charge in [0.1, 0.15) is 5.54 Å². The highest BCUT2D eigenvalue weighted by Gasteiger charge is 2.74. The zero-order valence-corrected chi connectivity index (χ0v) is 17.1. The van der Waals surface area contributed by atoms with Gasteiger partial charge in [0.05, 0.1) is 17.5 Å². The standard InChI is InChI=1S/C23H20ClN3O3/c1-12-14(24)7-4-9-16(12)27-20(28)18-17-10-5-11-26(17)23(19(18)21(27)29)13-6-2-3-8-15(13)25-22(23)30/h2-4,6-9,17-19H,5,10-11H2,1H3,(H,25,30). The molecule has 3 fully saturated rings. The lowest BCUT2D eigenvalue weighted by Gasteiger charge is -2.36. The van der Waals surface area contributed by atoms with Crippen molar-refractivity contribution in [2.24, 2.45) is 11.8 Å². The highest BCUT2D eigenvalue weighted by atomic mass is 35.5. The molecule has 0 radical (unpaired) electrons. The number of halogens is 1. The molecule has 3 saturated heterocycles. The molecule has 6 nitrogen and oxygen atoms in total. The van der Waals surface area contributed by atoms with Gasteiger partial charge in [0.15, 0.2) is 0 Å². The number of hydrogen-bond acceptors (Lipinski definition) is 4. The number of para-hydroxylation sites is 1. The van der Waals surface area contributed by atoms with Crippen LogP contribution in [0.3, 0.4) is 0 Å². The smallest absolute Gasteiger partial charge is 0.250 e. The summed E-state index contributed by atoms with van der Waals surface area (Å²) in [7, 11) is 0. The SMILES string of the molecule is Cc1c(Cl)cccc1N1C(=O)C2C3CCCN3C3(C(=O)Nc4ccccc43)C2C1=O. The molecule has 1 spiro atoms. The summed E-state index contributed by atoms with van der Waals surface area (Å²) in [4.78, 5) is 44.4. The Labute approximate surface area is 178 Å². The quantitative estimate of drug-likeness (QED) is 0.718. The van der Waals surface area contributed by atoms with E-state index in [9.17, 15) is 14.4 Å². The van der Waals surface area contributed by atoms with Crippen molar-refractivity contribution in [2.75, 3.05) is 16.8 Å². The molecule has 1 N–H and O–H groups in total. The Bertz CT molecular complexity index is 1150.